The molecule has 0 unspecified atom stereocenters. The Labute approximate surface area is 163 Å². The van der Waals surface area contributed by atoms with Crippen molar-refractivity contribution in [2.75, 3.05) is 0 Å². The van der Waals surface area contributed by atoms with Crippen molar-refractivity contribution in [1.29, 1.82) is 0 Å². The van der Waals surface area contributed by atoms with Gasteiger partial charge in [0.2, 0.25) is 0 Å². The number of aromatic nitrogens is 1. The van der Waals surface area contributed by atoms with Crippen molar-refractivity contribution < 1.29 is 4.79 Å². The lowest BCUT2D eigenvalue weighted by atomic mass is 10.1. The summed E-state index contributed by atoms with van der Waals surface area (Å²) in [4.78, 5) is 18.7. The second-order valence-corrected chi connectivity index (χ2v) is 8.00. The van der Waals surface area contributed by atoms with Gasteiger partial charge in [0.1, 0.15) is 0 Å². The summed E-state index contributed by atoms with van der Waals surface area (Å²) >= 11 is 10.9. The van der Waals surface area contributed by atoms with E-state index in [-0.39, 0.29) is 5.91 Å². The Morgan fingerprint density at radius 3 is 2.40 bits per heavy atom. The van der Waals surface area contributed by atoms with E-state index < -0.39 is 0 Å². The van der Waals surface area contributed by atoms with E-state index in [1.165, 1.54) is 11.3 Å². The smallest absolute Gasteiger partial charge is 0.279 e. The third-order valence-electron chi connectivity index (χ3n) is 3.80. The summed E-state index contributed by atoms with van der Waals surface area (Å²) in [6.45, 7) is 4.85. The molecule has 3 rings (SSSR count). The zero-order valence-corrected chi connectivity index (χ0v) is 17.0. The number of thiazole rings is 1. The predicted octanol–water partition coefficient (Wildman–Crippen LogP) is 5.70. The lowest BCUT2D eigenvalue weighted by Crippen LogP contribution is -2.17. The molecule has 25 heavy (non-hydrogen) atoms. The molecule has 0 bridgehead atoms. The first-order chi connectivity index (χ1) is 12.0. The number of nitrogens with zero attached hydrogens (tertiary/aromatic N) is 2. The van der Waals surface area contributed by atoms with Crippen molar-refractivity contribution in [1.82, 2.24) is 4.57 Å². The number of carbonyl (C=O) groups is 1. The fraction of sp³-hybridized carbons (Fsp3) is 0.158. The minimum atomic E-state index is -0.262. The number of amides is 1. The Bertz CT molecular complexity index is 972. The van der Waals surface area contributed by atoms with Gasteiger partial charge in [0.05, 0.1) is 5.69 Å². The van der Waals surface area contributed by atoms with Gasteiger partial charge in [-0.1, -0.05) is 39.7 Å². The number of hydrogen-bond donors (Lipinski definition) is 0. The zero-order chi connectivity index (χ0) is 18.0. The van der Waals surface area contributed by atoms with Gasteiger partial charge in [-0.3, -0.25) is 4.79 Å². The first-order valence-electron chi connectivity index (χ1n) is 7.80. The van der Waals surface area contributed by atoms with Crippen LogP contribution in [0.1, 0.15) is 22.2 Å². The molecule has 2 aromatic carbocycles. The molecule has 0 saturated heterocycles. The third kappa shape index (κ3) is 3.94. The molecular weight excluding hydrogens is 420 g/mol. The van der Waals surface area contributed by atoms with Crippen LogP contribution in [0, 0.1) is 6.92 Å². The molecule has 0 atom stereocenters. The average Bonchev–Trinajstić information content (AvgIpc) is 2.91. The SMILES string of the molecule is CCn1c(-c2ccc(Br)cc2)c(C)sc1=NC(=O)c1ccc(Cl)cc1. The van der Waals surface area contributed by atoms with E-state index >= 15 is 0 Å². The van der Waals surface area contributed by atoms with Crippen molar-refractivity contribution in [3.8, 4) is 11.3 Å². The highest BCUT2D eigenvalue weighted by Crippen LogP contribution is 2.26. The molecule has 128 valence electrons. The normalized spacial score (nSPS) is 11.8. The lowest BCUT2D eigenvalue weighted by Gasteiger charge is -2.07. The lowest BCUT2D eigenvalue weighted by molar-refractivity contribution is 0.0998. The molecule has 0 aliphatic rings. The van der Waals surface area contributed by atoms with Crippen LogP contribution in [-0.4, -0.2) is 10.5 Å². The van der Waals surface area contributed by atoms with Gasteiger partial charge in [0.25, 0.3) is 5.91 Å². The Morgan fingerprint density at radius 1 is 1.16 bits per heavy atom. The average molecular weight is 436 g/mol. The van der Waals surface area contributed by atoms with Crippen LogP contribution in [0.25, 0.3) is 11.3 Å². The Kier molecular flexibility index (Phi) is 5.57. The van der Waals surface area contributed by atoms with Gasteiger partial charge < -0.3 is 4.57 Å². The molecule has 1 heterocycles. The summed E-state index contributed by atoms with van der Waals surface area (Å²) < 4.78 is 3.12. The standard InChI is InChI=1S/C19H16BrClN2OS/c1-3-23-17(13-4-8-15(20)9-5-13)12(2)25-19(23)22-18(24)14-6-10-16(21)11-7-14/h4-11H,3H2,1-2H3. The molecule has 6 heteroatoms. The number of rotatable bonds is 3. The number of aryl methyl sites for hydroxylation is 1. The van der Waals surface area contributed by atoms with Crippen molar-refractivity contribution in [3.05, 3.63) is 73.3 Å². The maximum atomic E-state index is 12.5. The minimum absolute atomic E-state index is 0.262. The van der Waals surface area contributed by atoms with E-state index in [0.717, 1.165) is 27.2 Å². The van der Waals surface area contributed by atoms with E-state index in [1.54, 1.807) is 24.3 Å². The maximum Gasteiger partial charge on any atom is 0.279 e. The molecule has 0 spiro atoms. The van der Waals surface area contributed by atoms with Crippen LogP contribution in [0.5, 0.6) is 0 Å². The highest BCUT2D eigenvalue weighted by atomic mass is 79.9. The van der Waals surface area contributed by atoms with Crippen LogP contribution in [0.2, 0.25) is 5.02 Å². The molecule has 0 N–H and O–H groups in total. The maximum absolute atomic E-state index is 12.5. The fourth-order valence-corrected chi connectivity index (χ4v) is 4.06. The first kappa shape index (κ1) is 18.1. The van der Waals surface area contributed by atoms with Gasteiger partial charge in [-0.05, 0) is 55.8 Å². The molecule has 0 aliphatic heterocycles. The van der Waals surface area contributed by atoms with Gasteiger partial charge in [-0.15, -0.1) is 11.3 Å². The number of halogens is 2. The van der Waals surface area contributed by atoms with Crippen molar-refractivity contribution in [2.45, 2.75) is 20.4 Å². The highest BCUT2D eigenvalue weighted by Gasteiger charge is 2.13. The second-order valence-electron chi connectivity index (χ2n) is 5.46. The van der Waals surface area contributed by atoms with E-state index in [9.17, 15) is 4.79 Å². The summed E-state index contributed by atoms with van der Waals surface area (Å²) in [5.74, 6) is -0.262. The number of benzene rings is 2. The zero-order valence-electron chi connectivity index (χ0n) is 13.8. The van der Waals surface area contributed by atoms with E-state index in [4.69, 9.17) is 11.6 Å². The summed E-state index contributed by atoms with van der Waals surface area (Å²) in [6, 6.07) is 15.0. The quantitative estimate of drug-likeness (QED) is 0.519. The molecule has 1 aromatic heterocycles. The summed E-state index contributed by atoms with van der Waals surface area (Å²) in [7, 11) is 0. The van der Waals surface area contributed by atoms with Crippen LogP contribution < -0.4 is 4.80 Å². The van der Waals surface area contributed by atoms with E-state index in [0.29, 0.717) is 15.4 Å². The first-order valence-corrected chi connectivity index (χ1v) is 9.79. The number of hydrogen-bond acceptors (Lipinski definition) is 2. The fourth-order valence-electron chi connectivity index (χ4n) is 2.61. The number of carbonyl (C=O) groups excluding carboxylic acids is 1. The molecular formula is C19H16BrClN2OS. The molecule has 0 saturated carbocycles. The topological polar surface area (TPSA) is 34.4 Å². The third-order valence-corrected chi connectivity index (χ3v) is 5.58. The van der Waals surface area contributed by atoms with Gasteiger partial charge in [-0.2, -0.15) is 4.99 Å². The second kappa shape index (κ2) is 7.68. The van der Waals surface area contributed by atoms with Crippen molar-refractivity contribution >= 4 is 44.8 Å². The van der Waals surface area contributed by atoms with Crippen LogP contribution in [0.4, 0.5) is 0 Å². The van der Waals surface area contributed by atoms with Crippen LogP contribution in [-0.2, 0) is 6.54 Å². The largest absolute Gasteiger partial charge is 0.316 e. The van der Waals surface area contributed by atoms with Crippen LogP contribution in [0.3, 0.4) is 0 Å². The Hall–Kier alpha value is -1.69. The molecule has 0 radical (unpaired) electrons. The Morgan fingerprint density at radius 2 is 1.80 bits per heavy atom. The molecule has 0 fully saturated rings. The monoisotopic (exact) mass is 434 g/mol. The minimum Gasteiger partial charge on any atom is -0.316 e. The highest BCUT2D eigenvalue weighted by molar-refractivity contribution is 9.10. The van der Waals surface area contributed by atoms with Gasteiger partial charge >= 0.3 is 0 Å². The van der Waals surface area contributed by atoms with Crippen LogP contribution >= 0.6 is 38.9 Å². The molecule has 1 amide bonds. The summed E-state index contributed by atoms with van der Waals surface area (Å²) in [5, 5.41) is 0.602. The van der Waals surface area contributed by atoms with Crippen LogP contribution in [0.15, 0.2) is 58.0 Å². The molecule has 3 aromatic rings. The van der Waals surface area contributed by atoms with E-state index in [2.05, 4.69) is 51.5 Å². The Balaban J connectivity index is 2.08. The van der Waals surface area contributed by atoms with Gasteiger partial charge in [0, 0.05) is 26.5 Å². The molecule has 3 nitrogen and oxygen atoms in total. The van der Waals surface area contributed by atoms with Gasteiger partial charge in [-0.25, -0.2) is 0 Å². The van der Waals surface area contributed by atoms with E-state index in [1.807, 2.05) is 12.1 Å². The van der Waals surface area contributed by atoms with Crippen molar-refractivity contribution in [3.63, 3.8) is 0 Å². The van der Waals surface area contributed by atoms with Crippen molar-refractivity contribution in [2.24, 2.45) is 4.99 Å². The van der Waals surface area contributed by atoms with Gasteiger partial charge in [0.15, 0.2) is 4.80 Å². The predicted molar refractivity (Wildman–Crippen MR) is 107 cm³/mol. The summed E-state index contributed by atoms with van der Waals surface area (Å²) in [6.07, 6.45) is 0. The molecule has 0 aliphatic carbocycles. The summed E-state index contributed by atoms with van der Waals surface area (Å²) in [5.41, 5.74) is 2.74.